The number of carbonyl (C=O) groups excluding carboxylic acids is 2. The van der Waals surface area contributed by atoms with E-state index in [4.69, 9.17) is 0 Å². The van der Waals surface area contributed by atoms with E-state index >= 15 is 0 Å². The number of nitrogens with zero attached hydrogens (tertiary/aromatic N) is 1. The van der Waals surface area contributed by atoms with Gasteiger partial charge in [0, 0.05) is 31.6 Å². The van der Waals surface area contributed by atoms with Gasteiger partial charge in [0.05, 0.1) is 5.92 Å². The molecular weight excluding hydrogens is 302 g/mol. The van der Waals surface area contributed by atoms with Crippen molar-refractivity contribution < 1.29 is 9.59 Å². The number of rotatable bonds is 4. The van der Waals surface area contributed by atoms with E-state index < -0.39 is 0 Å². The number of likely N-dealkylation sites (tertiary alicyclic amines) is 1. The zero-order valence-electron chi connectivity index (χ0n) is 13.8. The maximum Gasteiger partial charge on any atom is 0.225 e. The molecule has 2 fully saturated rings. The molecule has 2 amide bonds. The predicted octanol–water partition coefficient (Wildman–Crippen LogP) is 1.70. The summed E-state index contributed by atoms with van der Waals surface area (Å²) in [6, 6.07) is 0.567. The minimum atomic E-state index is -0.0336. The number of hydrogen-bond acceptors (Lipinski definition) is 3. The Hall–Kier alpha value is -0.810. The molecule has 3 atom stereocenters. The topological polar surface area (TPSA) is 61.4 Å². The van der Waals surface area contributed by atoms with Crippen LogP contribution in [0.3, 0.4) is 0 Å². The van der Waals surface area contributed by atoms with Crippen LogP contribution in [0.4, 0.5) is 0 Å². The molecule has 0 radical (unpaired) electrons. The van der Waals surface area contributed by atoms with Crippen LogP contribution in [0, 0.1) is 5.92 Å². The van der Waals surface area contributed by atoms with Crippen LogP contribution < -0.4 is 10.6 Å². The maximum absolute atomic E-state index is 12.5. The average molecular weight is 332 g/mol. The van der Waals surface area contributed by atoms with Gasteiger partial charge in [0.15, 0.2) is 0 Å². The van der Waals surface area contributed by atoms with Crippen molar-refractivity contribution >= 4 is 24.2 Å². The number of halogens is 1. The number of piperidine rings is 2. The molecule has 2 rings (SSSR count). The molecule has 2 saturated heterocycles. The number of nitrogens with one attached hydrogen (secondary N) is 2. The van der Waals surface area contributed by atoms with E-state index in [-0.39, 0.29) is 36.2 Å². The molecule has 0 aromatic carbocycles. The first-order valence-corrected chi connectivity index (χ1v) is 8.43. The van der Waals surface area contributed by atoms with Gasteiger partial charge < -0.3 is 15.5 Å². The van der Waals surface area contributed by atoms with Gasteiger partial charge in [-0.15, -0.1) is 12.4 Å². The number of hydrogen-bond donors (Lipinski definition) is 2. The fraction of sp³-hybridized carbons (Fsp3) is 0.875. The fourth-order valence-corrected chi connectivity index (χ4v) is 3.33. The Morgan fingerprint density at radius 1 is 1.27 bits per heavy atom. The molecule has 2 heterocycles. The molecule has 0 aromatic rings. The van der Waals surface area contributed by atoms with Gasteiger partial charge in [0.1, 0.15) is 0 Å². The molecule has 3 unspecified atom stereocenters. The lowest BCUT2D eigenvalue weighted by Crippen LogP contribution is -2.54. The lowest BCUT2D eigenvalue weighted by Gasteiger charge is -2.35. The summed E-state index contributed by atoms with van der Waals surface area (Å²) in [5, 5.41) is 6.60. The van der Waals surface area contributed by atoms with Gasteiger partial charge >= 0.3 is 0 Å². The van der Waals surface area contributed by atoms with Crippen LogP contribution in [0.2, 0.25) is 0 Å². The summed E-state index contributed by atoms with van der Waals surface area (Å²) < 4.78 is 0. The van der Waals surface area contributed by atoms with Gasteiger partial charge in [-0.25, -0.2) is 0 Å². The first-order valence-electron chi connectivity index (χ1n) is 8.43. The molecular formula is C16H30ClN3O2. The normalized spacial score (nSPS) is 28.6. The Morgan fingerprint density at radius 3 is 2.73 bits per heavy atom. The van der Waals surface area contributed by atoms with Crippen LogP contribution in [0.15, 0.2) is 0 Å². The first kappa shape index (κ1) is 19.2. The SMILES string of the molecule is CCCC(=O)N1CCCC(C(=O)NC2CCCNC2C)C1.Cl. The summed E-state index contributed by atoms with van der Waals surface area (Å²) in [6.07, 6.45) is 5.46. The highest BCUT2D eigenvalue weighted by Crippen LogP contribution is 2.19. The van der Waals surface area contributed by atoms with Crippen molar-refractivity contribution in [2.45, 2.75) is 64.5 Å². The summed E-state index contributed by atoms with van der Waals surface area (Å²) in [5.74, 6) is 0.293. The Balaban J connectivity index is 0.00000242. The highest BCUT2D eigenvalue weighted by Gasteiger charge is 2.30. The molecule has 0 aliphatic carbocycles. The molecule has 6 heteroatoms. The van der Waals surface area contributed by atoms with Crippen molar-refractivity contribution in [3.63, 3.8) is 0 Å². The van der Waals surface area contributed by atoms with Crippen molar-refractivity contribution in [3.8, 4) is 0 Å². The maximum atomic E-state index is 12.5. The third-order valence-electron chi connectivity index (χ3n) is 4.70. The van der Waals surface area contributed by atoms with E-state index in [1.165, 1.54) is 0 Å². The van der Waals surface area contributed by atoms with E-state index in [0.29, 0.717) is 19.0 Å². The van der Waals surface area contributed by atoms with Gasteiger partial charge in [-0.05, 0) is 45.6 Å². The van der Waals surface area contributed by atoms with Crippen LogP contribution in [-0.2, 0) is 9.59 Å². The molecule has 2 aliphatic heterocycles. The molecule has 22 heavy (non-hydrogen) atoms. The second kappa shape index (κ2) is 9.36. The van der Waals surface area contributed by atoms with Crippen LogP contribution in [0.5, 0.6) is 0 Å². The van der Waals surface area contributed by atoms with Crippen molar-refractivity contribution in [2.75, 3.05) is 19.6 Å². The van der Waals surface area contributed by atoms with Crippen LogP contribution >= 0.6 is 12.4 Å². The second-order valence-electron chi connectivity index (χ2n) is 6.43. The van der Waals surface area contributed by atoms with E-state index in [1.54, 1.807) is 0 Å². The monoisotopic (exact) mass is 331 g/mol. The minimum absolute atomic E-state index is 0. The molecule has 2 aliphatic rings. The van der Waals surface area contributed by atoms with Crippen LogP contribution in [0.1, 0.15) is 52.4 Å². The Labute approximate surface area is 140 Å². The van der Waals surface area contributed by atoms with E-state index in [0.717, 1.165) is 45.2 Å². The highest BCUT2D eigenvalue weighted by molar-refractivity contribution is 5.85. The lowest BCUT2D eigenvalue weighted by molar-refractivity contribution is -0.136. The predicted molar refractivity (Wildman–Crippen MR) is 90.1 cm³/mol. The smallest absolute Gasteiger partial charge is 0.225 e. The third-order valence-corrected chi connectivity index (χ3v) is 4.70. The fourth-order valence-electron chi connectivity index (χ4n) is 3.33. The van der Waals surface area contributed by atoms with Gasteiger partial charge in [0.25, 0.3) is 0 Å². The Bertz CT molecular complexity index is 378. The Morgan fingerprint density at radius 2 is 2.05 bits per heavy atom. The standard InChI is InChI=1S/C16H29N3O2.ClH/c1-3-6-15(20)19-10-5-7-13(11-19)16(21)18-14-8-4-9-17-12(14)2;/h12-14,17H,3-11H2,1-2H3,(H,18,21);1H. The zero-order valence-corrected chi connectivity index (χ0v) is 14.6. The molecule has 5 nitrogen and oxygen atoms in total. The minimum Gasteiger partial charge on any atom is -0.352 e. The van der Waals surface area contributed by atoms with Crippen molar-refractivity contribution in [2.24, 2.45) is 5.92 Å². The summed E-state index contributed by atoms with van der Waals surface area (Å²) >= 11 is 0. The molecule has 2 N–H and O–H groups in total. The lowest BCUT2D eigenvalue weighted by atomic mass is 9.94. The van der Waals surface area contributed by atoms with E-state index in [9.17, 15) is 9.59 Å². The summed E-state index contributed by atoms with van der Waals surface area (Å²) in [5.41, 5.74) is 0. The summed E-state index contributed by atoms with van der Waals surface area (Å²) in [4.78, 5) is 26.3. The highest BCUT2D eigenvalue weighted by atomic mass is 35.5. The molecule has 128 valence electrons. The summed E-state index contributed by atoms with van der Waals surface area (Å²) in [6.45, 7) is 6.59. The largest absolute Gasteiger partial charge is 0.352 e. The molecule has 0 saturated carbocycles. The third kappa shape index (κ3) is 5.13. The number of carbonyl (C=O) groups is 2. The Kier molecular flexibility index (Phi) is 8.18. The quantitative estimate of drug-likeness (QED) is 0.824. The summed E-state index contributed by atoms with van der Waals surface area (Å²) in [7, 11) is 0. The van der Waals surface area contributed by atoms with Crippen molar-refractivity contribution in [1.29, 1.82) is 0 Å². The molecule has 0 bridgehead atoms. The zero-order chi connectivity index (χ0) is 15.2. The van der Waals surface area contributed by atoms with Gasteiger partial charge in [0.2, 0.25) is 11.8 Å². The molecule has 0 aromatic heterocycles. The second-order valence-corrected chi connectivity index (χ2v) is 6.43. The van der Waals surface area contributed by atoms with E-state index in [2.05, 4.69) is 17.6 Å². The van der Waals surface area contributed by atoms with Gasteiger partial charge in [-0.2, -0.15) is 0 Å². The van der Waals surface area contributed by atoms with Crippen molar-refractivity contribution in [1.82, 2.24) is 15.5 Å². The van der Waals surface area contributed by atoms with Crippen LogP contribution in [-0.4, -0.2) is 48.4 Å². The van der Waals surface area contributed by atoms with Crippen LogP contribution in [0.25, 0.3) is 0 Å². The number of amides is 2. The van der Waals surface area contributed by atoms with Gasteiger partial charge in [-0.3, -0.25) is 9.59 Å². The van der Waals surface area contributed by atoms with Gasteiger partial charge in [-0.1, -0.05) is 6.92 Å². The first-order chi connectivity index (χ1) is 10.1. The van der Waals surface area contributed by atoms with E-state index in [1.807, 2.05) is 11.8 Å². The average Bonchev–Trinajstić information content (AvgIpc) is 2.50. The van der Waals surface area contributed by atoms with Crippen molar-refractivity contribution in [3.05, 3.63) is 0 Å². The molecule has 0 spiro atoms.